The normalized spacial score (nSPS) is 19.6. The third-order valence-electron chi connectivity index (χ3n) is 4.28. The van der Waals surface area contributed by atoms with Gasteiger partial charge in [0.25, 0.3) is 0 Å². The SMILES string of the molecule is CC(C)(C)NS(=O)(=O)c1cccc(NC(=O)C2CC2c2ccc(F)cc2)c1. The second kappa shape index (κ2) is 7.05. The van der Waals surface area contributed by atoms with Crippen LogP contribution in [-0.2, 0) is 14.8 Å². The van der Waals surface area contributed by atoms with Gasteiger partial charge in [0.05, 0.1) is 4.90 Å². The number of sulfonamides is 1. The topological polar surface area (TPSA) is 75.3 Å². The smallest absolute Gasteiger partial charge is 0.241 e. The molecule has 1 aliphatic carbocycles. The maximum absolute atomic E-state index is 13.0. The molecule has 0 heterocycles. The van der Waals surface area contributed by atoms with Crippen LogP contribution in [0, 0.1) is 11.7 Å². The fraction of sp³-hybridized carbons (Fsp3) is 0.350. The number of rotatable bonds is 5. The molecule has 2 aromatic rings. The van der Waals surface area contributed by atoms with Crippen LogP contribution < -0.4 is 10.0 Å². The zero-order valence-corrected chi connectivity index (χ0v) is 16.3. The van der Waals surface area contributed by atoms with Gasteiger partial charge >= 0.3 is 0 Å². The first-order chi connectivity index (χ1) is 12.5. The molecule has 0 radical (unpaired) electrons. The molecule has 1 fully saturated rings. The lowest BCUT2D eigenvalue weighted by Crippen LogP contribution is -2.40. The van der Waals surface area contributed by atoms with Crippen LogP contribution >= 0.6 is 0 Å². The van der Waals surface area contributed by atoms with E-state index < -0.39 is 15.6 Å². The second-order valence-corrected chi connectivity index (χ2v) is 9.56. The number of nitrogens with one attached hydrogen (secondary N) is 2. The van der Waals surface area contributed by atoms with Crippen molar-refractivity contribution >= 4 is 21.6 Å². The van der Waals surface area contributed by atoms with Gasteiger partial charge in [-0.25, -0.2) is 17.5 Å². The van der Waals surface area contributed by atoms with Gasteiger partial charge in [-0.2, -0.15) is 0 Å². The van der Waals surface area contributed by atoms with Gasteiger partial charge in [0, 0.05) is 17.1 Å². The van der Waals surface area contributed by atoms with Crippen molar-refractivity contribution in [2.24, 2.45) is 5.92 Å². The minimum absolute atomic E-state index is 0.0695. The van der Waals surface area contributed by atoms with Crippen molar-refractivity contribution in [1.82, 2.24) is 4.72 Å². The Bertz CT molecular complexity index is 950. The molecule has 1 aliphatic rings. The number of carbonyl (C=O) groups is 1. The van der Waals surface area contributed by atoms with Crippen LogP contribution in [0.4, 0.5) is 10.1 Å². The molecule has 2 aromatic carbocycles. The first-order valence-corrected chi connectivity index (χ1v) is 10.2. The Morgan fingerprint density at radius 2 is 1.78 bits per heavy atom. The Balaban J connectivity index is 1.68. The predicted molar refractivity (Wildman–Crippen MR) is 102 cm³/mol. The van der Waals surface area contributed by atoms with E-state index in [2.05, 4.69) is 10.0 Å². The van der Waals surface area contributed by atoms with Crippen molar-refractivity contribution in [3.63, 3.8) is 0 Å². The number of hydrogen-bond donors (Lipinski definition) is 2. The molecule has 0 spiro atoms. The number of amides is 1. The maximum atomic E-state index is 13.0. The van der Waals surface area contributed by atoms with E-state index in [-0.39, 0.29) is 28.5 Å². The van der Waals surface area contributed by atoms with Gasteiger partial charge in [0.1, 0.15) is 5.82 Å². The van der Waals surface area contributed by atoms with E-state index in [1.807, 2.05) is 0 Å². The first-order valence-electron chi connectivity index (χ1n) is 8.75. The predicted octanol–water partition coefficient (Wildman–Crippen LogP) is 3.64. The molecule has 3 rings (SSSR count). The summed E-state index contributed by atoms with van der Waals surface area (Å²) in [6, 6.07) is 12.3. The Morgan fingerprint density at radius 1 is 1.11 bits per heavy atom. The molecule has 27 heavy (non-hydrogen) atoms. The quantitative estimate of drug-likeness (QED) is 0.818. The van der Waals surface area contributed by atoms with Gasteiger partial charge in [-0.15, -0.1) is 0 Å². The summed E-state index contributed by atoms with van der Waals surface area (Å²) in [6.45, 7) is 5.29. The molecule has 2 N–H and O–H groups in total. The fourth-order valence-electron chi connectivity index (χ4n) is 3.00. The minimum Gasteiger partial charge on any atom is -0.326 e. The monoisotopic (exact) mass is 390 g/mol. The van der Waals surface area contributed by atoms with Crippen molar-refractivity contribution in [3.05, 3.63) is 59.9 Å². The number of hydrogen-bond acceptors (Lipinski definition) is 3. The lowest BCUT2D eigenvalue weighted by atomic mass is 10.1. The number of anilines is 1. The molecule has 0 aliphatic heterocycles. The van der Waals surface area contributed by atoms with Crippen LogP contribution in [0.25, 0.3) is 0 Å². The van der Waals surface area contributed by atoms with E-state index in [0.29, 0.717) is 12.1 Å². The van der Waals surface area contributed by atoms with Gasteiger partial charge in [-0.05, 0) is 69.0 Å². The summed E-state index contributed by atoms with van der Waals surface area (Å²) in [5, 5.41) is 2.79. The van der Waals surface area contributed by atoms with Crippen molar-refractivity contribution in [1.29, 1.82) is 0 Å². The van der Waals surface area contributed by atoms with Gasteiger partial charge in [0.2, 0.25) is 15.9 Å². The van der Waals surface area contributed by atoms with E-state index in [9.17, 15) is 17.6 Å². The lowest BCUT2D eigenvalue weighted by molar-refractivity contribution is -0.117. The standard InChI is InChI=1S/C20H23FN2O3S/c1-20(2,3)23-27(25,26)16-6-4-5-15(11-16)22-19(24)18-12-17(18)13-7-9-14(21)10-8-13/h4-11,17-18,23H,12H2,1-3H3,(H,22,24). The highest BCUT2D eigenvalue weighted by Gasteiger charge is 2.43. The first kappa shape index (κ1) is 19.5. The van der Waals surface area contributed by atoms with E-state index in [1.165, 1.54) is 24.3 Å². The van der Waals surface area contributed by atoms with Crippen LogP contribution in [-0.4, -0.2) is 19.9 Å². The summed E-state index contributed by atoms with van der Waals surface area (Å²) in [4.78, 5) is 12.6. The number of benzene rings is 2. The Kier molecular flexibility index (Phi) is 5.10. The molecule has 2 atom stereocenters. The molecule has 144 valence electrons. The molecule has 1 amide bonds. The van der Waals surface area contributed by atoms with Crippen molar-refractivity contribution in [2.75, 3.05) is 5.32 Å². The van der Waals surface area contributed by atoms with Gasteiger partial charge < -0.3 is 5.32 Å². The average molecular weight is 390 g/mol. The van der Waals surface area contributed by atoms with E-state index in [1.54, 1.807) is 45.0 Å². The largest absolute Gasteiger partial charge is 0.326 e. The molecule has 5 nitrogen and oxygen atoms in total. The third-order valence-corrected chi connectivity index (χ3v) is 6.03. The van der Waals surface area contributed by atoms with E-state index >= 15 is 0 Å². The van der Waals surface area contributed by atoms with Crippen molar-refractivity contribution in [2.45, 2.75) is 43.5 Å². The van der Waals surface area contributed by atoms with Crippen LogP contribution in [0.1, 0.15) is 38.7 Å². The summed E-state index contributed by atoms with van der Waals surface area (Å²) < 4.78 is 40.5. The van der Waals surface area contributed by atoms with E-state index in [4.69, 9.17) is 0 Å². The summed E-state index contributed by atoms with van der Waals surface area (Å²) in [5.74, 6) is -0.589. The van der Waals surface area contributed by atoms with Crippen LogP contribution in [0.5, 0.6) is 0 Å². The summed E-state index contributed by atoms with van der Waals surface area (Å²) >= 11 is 0. The highest BCUT2D eigenvalue weighted by molar-refractivity contribution is 7.89. The Morgan fingerprint density at radius 3 is 2.41 bits per heavy atom. The molecule has 0 saturated heterocycles. The number of halogens is 1. The minimum atomic E-state index is -3.68. The molecule has 0 bridgehead atoms. The van der Waals surface area contributed by atoms with Gasteiger partial charge in [0.15, 0.2) is 0 Å². The second-order valence-electron chi connectivity index (χ2n) is 7.87. The molecule has 2 unspecified atom stereocenters. The molecular weight excluding hydrogens is 367 g/mol. The van der Waals surface area contributed by atoms with Gasteiger partial charge in [-0.1, -0.05) is 18.2 Å². The third kappa shape index (κ3) is 4.93. The van der Waals surface area contributed by atoms with Crippen LogP contribution in [0.15, 0.2) is 53.4 Å². The molecule has 7 heteroatoms. The molecule has 1 saturated carbocycles. The highest BCUT2D eigenvalue weighted by atomic mass is 32.2. The molecule has 0 aromatic heterocycles. The van der Waals surface area contributed by atoms with Gasteiger partial charge in [-0.3, -0.25) is 4.79 Å². The lowest BCUT2D eigenvalue weighted by Gasteiger charge is -2.20. The fourth-order valence-corrected chi connectivity index (χ4v) is 4.46. The summed E-state index contributed by atoms with van der Waals surface area (Å²) in [6.07, 6.45) is 0.695. The van der Waals surface area contributed by atoms with Crippen LogP contribution in [0.2, 0.25) is 0 Å². The maximum Gasteiger partial charge on any atom is 0.241 e. The summed E-state index contributed by atoms with van der Waals surface area (Å²) in [5.41, 5.74) is 0.762. The zero-order chi connectivity index (χ0) is 19.8. The molecular formula is C20H23FN2O3S. The Labute approximate surface area is 159 Å². The van der Waals surface area contributed by atoms with E-state index in [0.717, 1.165) is 5.56 Å². The number of carbonyl (C=O) groups excluding carboxylic acids is 1. The zero-order valence-electron chi connectivity index (χ0n) is 15.5. The van der Waals surface area contributed by atoms with Crippen LogP contribution in [0.3, 0.4) is 0 Å². The van der Waals surface area contributed by atoms with Crippen molar-refractivity contribution < 1.29 is 17.6 Å². The highest BCUT2D eigenvalue weighted by Crippen LogP contribution is 2.48. The average Bonchev–Trinajstić information content (AvgIpc) is 3.34. The Hall–Kier alpha value is -2.25. The summed E-state index contributed by atoms with van der Waals surface area (Å²) in [7, 11) is -3.68. The van der Waals surface area contributed by atoms with Crippen molar-refractivity contribution in [3.8, 4) is 0 Å².